The van der Waals surface area contributed by atoms with Crippen molar-refractivity contribution >= 4 is 34.4 Å². The third kappa shape index (κ3) is 3.16. The number of carboxylic acid groups (broad SMARTS) is 1. The first kappa shape index (κ1) is 15.8. The molecule has 122 valence electrons. The third-order valence-electron chi connectivity index (χ3n) is 3.65. The summed E-state index contributed by atoms with van der Waals surface area (Å²) >= 11 is 1.25. The van der Waals surface area contributed by atoms with Gasteiger partial charge in [-0.2, -0.15) is 5.26 Å². The maximum Gasteiger partial charge on any atom is 0.407 e. The molecule has 1 aliphatic rings. The first-order valence-corrected chi connectivity index (χ1v) is 7.94. The minimum Gasteiger partial charge on any atom is -0.472 e. The maximum absolute atomic E-state index is 12.0. The smallest absolute Gasteiger partial charge is 0.407 e. The van der Waals surface area contributed by atoms with E-state index in [1.807, 2.05) is 0 Å². The van der Waals surface area contributed by atoms with Gasteiger partial charge in [0.15, 0.2) is 0 Å². The number of furan rings is 1. The second kappa shape index (κ2) is 6.60. The van der Waals surface area contributed by atoms with Gasteiger partial charge in [-0.3, -0.25) is 4.79 Å². The largest absolute Gasteiger partial charge is 0.472 e. The van der Waals surface area contributed by atoms with Crippen LogP contribution in [0.15, 0.2) is 29.1 Å². The number of hydrogen-bond acceptors (Lipinski definition) is 5. The zero-order chi connectivity index (χ0) is 17.1. The topological polar surface area (TPSA) is 107 Å². The van der Waals surface area contributed by atoms with E-state index >= 15 is 0 Å². The van der Waals surface area contributed by atoms with Gasteiger partial charge in [-0.15, -0.1) is 11.3 Å². The summed E-state index contributed by atoms with van der Waals surface area (Å²) in [5.41, 5.74) is 2.01. The zero-order valence-corrected chi connectivity index (χ0v) is 13.3. The number of hydrogen-bond donors (Lipinski definition) is 2. The van der Waals surface area contributed by atoms with Gasteiger partial charge in [0.1, 0.15) is 11.1 Å². The minimum absolute atomic E-state index is 0.241. The van der Waals surface area contributed by atoms with Crippen LogP contribution in [0.3, 0.4) is 0 Å². The molecule has 8 heteroatoms. The number of amides is 2. The molecule has 0 bridgehead atoms. The summed E-state index contributed by atoms with van der Waals surface area (Å²) in [6.45, 7) is 0.590. The first-order chi connectivity index (χ1) is 11.6. The molecule has 0 aromatic carbocycles. The summed E-state index contributed by atoms with van der Waals surface area (Å²) in [5, 5.41) is 21.6. The van der Waals surface area contributed by atoms with Crippen molar-refractivity contribution in [2.75, 3.05) is 11.9 Å². The van der Waals surface area contributed by atoms with Crippen molar-refractivity contribution in [3.63, 3.8) is 0 Å². The molecular formula is C16H13N3O4S. The molecule has 0 fully saturated rings. The molecular weight excluding hydrogens is 330 g/mol. The lowest BCUT2D eigenvalue weighted by Crippen LogP contribution is -2.34. The van der Waals surface area contributed by atoms with Gasteiger partial charge in [-0.1, -0.05) is 0 Å². The van der Waals surface area contributed by atoms with E-state index in [1.165, 1.54) is 34.8 Å². The SMILES string of the molecule is N#Cc1c(NC(=O)C=Cc2ccoc2)sc2c1CCN(C(=O)O)C2. The average Bonchev–Trinajstić information content (AvgIpc) is 3.19. The highest BCUT2D eigenvalue weighted by Gasteiger charge is 2.27. The van der Waals surface area contributed by atoms with E-state index in [1.54, 1.807) is 12.1 Å². The number of nitriles is 1. The van der Waals surface area contributed by atoms with Crippen LogP contribution in [-0.4, -0.2) is 28.6 Å². The lowest BCUT2D eigenvalue weighted by molar-refractivity contribution is -0.111. The number of thiophene rings is 1. The van der Waals surface area contributed by atoms with Gasteiger partial charge >= 0.3 is 6.09 Å². The Morgan fingerprint density at radius 1 is 1.50 bits per heavy atom. The molecule has 0 atom stereocenters. The molecule has 0 spiro atoms. The van der Waals surface area contributed by atoms with Gasteiger partial charge in [0, 0.05) is 23.1 Å². The van der Waals surface area contributed by atoms with Crippen LogP contribution in [0.1, 0.15) is 21.6 Å². The third-order valence-corrected chi connectivity index (χ3v) is 4.78. The summed E-state index contributed by atoms with van der Waals surface area (Å²) < 4.78 is 4.91. The second-order valence-electron chi connectivity index (χ2n) is 5.15. The van der Waals surface area contributed by atoms with Crippen LogP contribution in [0.2, 0.25) is 0 Å². The van der Waals surface area contributed by atoms with Crippen LogP contribution >= 0.6 is 11.3 Å². The molecule has 0 saturated heterocycles. The van der Waals surface area contributed by atoms with Crippen LogP contribution < -0.4 is 5.32 Å². The average molecular weight is 343 g/mol. The highest BCUT2D eigenvalue weighted by molar-refractivity contribution is 7.16. The molecule has 2 amide bonds. The lowest BCUT2D eigenvalue weighted by atomic mass is 10.0. The van der Waals surface area contributed by atoms with Crippen molar-refractivity contribution in [1.29, 1.82) is 5.26 Å². The molecule has 2 aromatic rings. The molecule has 2 N–H and O–H groups in total. The summed E-state index contributed by atoms with van der Waals surface area (Å²) in [4.78, 5) is 25.2. The standard InChI is InChI=1S/C16H13N3O4S/c17-7-12-11-3-5-19(16(21)22)8-13(11)24-15(12)18-14(20)2-1-10-4-6-23-9-10/h1-2,4,6,9H,3,5,8H2,(H,18,20)(H,21,22). The van der Waals surface area contributed by atoms with E-state index in [9.17, 15) is 14.9 Å². The molecule has 3 heterocycles. The molecule has 7 nitrogen and oxygen atoms in total. The number of carbonyl (C=O) groups excluding carboxylic acids is 1. The molecule has 1 aliphatic heterocycles. The quantitative estimate of drug-likeness (QED) is 0.833. The number of rotatable bonds is 3. The lowest BCUT2D eigenvalue weighted by Gasteiger charge is -2.23. The normalized spacial score (nSPS) is 13.5. The zero-order valence-electron chi connectivity index (χ0n) is 12.5. The number of nitrogens with zero attached hydrogens (tertiary/aromatic N) is 2. The van der Waals surface area contributed by atoms with Crippen molar-refractivity contribution in [2.24, 2.45) is 0 Å². The van der Waals surface area contributed by atoms with E-state index < -0.39 is 6.09 Å². The van der Waals surface area contributed by atoms with Gasteiger partial charge in [-0.25, -0.2) is 4.79 Å². The molecule has 0 saturated carbocycles. The first-order valence-electron chi connectivity index (χ1n) is 7.12. The van der Waals surface area contributed by atoms with Crippen LogP contribution in [0, 0.1) is 11.3 Å². The van der Waals surface area contributed by atoms with E-state index in [4.69, 9.17) is 9.52 Å². The number of fused-ring (bicyclic) bond motifs is 1. The summed E-state index contributed by atoms with van der Waals surface area (Å²) in [6.07, 6.45) is 5.46. The highest BCUT2D eigenvalue weighted by Crippen LogP contribution is 2.36. The predicted octanol–water partition coefficient (Wildman–Crippen LogP) is 2.90. The highest BCUT2D eigenvalue weighted by atomic mass is 32.1. The van der Waals surface area contributed by atoms with E-state index in [2.05, 4.69) is 11.4 Å². The van der Waals surface area contributed by atoms with Crippen molar-refractivity contribution in [2.45, 2.75) is 13.0 Å². The van der Waals surface area contributed by atoms with Crippen molar-refractivity contribution in [1.82, 2.24) is 4.90 Å². The Bertz CT molecular complexity index is 846. The van der Waals surface area contributed by atoms with Crippen LogP contribution in [0.4, 0.5) is 9.80 Å². The molecule has 24 heavy (non-hydrogen) atoms. The van der Waals surface area contributed by atoms with Crippen molar-refractivity contribution in [3.05, 3.63) is 46.2 Å². The van der Waals surface area contributed by atoms with Crippen LogP contribution in [-0.2, 0) is 17.8 Å². The van der Waals surface area contributed by atoms with Gasteiger partial charge < -0.3 is 19.7 Å². The Balaban J connectivity index is 1.78. The molecule has 2 aromatic heterocycles. The predicted molar refractivity (Wildman–Crippen MR) is 87.5 cm³/mol. The molecule has 0 aliphatic carbocycles. The maximum atomic E-state index is 12.0. The monoisotopic (exact) mass is 343 g/mol. The second-order valence-corrected chi connectivity index (χ2v) is 6.26. The molecule has 0 radical (unpaired) electrons. The van der Waals surface area contributed by atoms with Gasteiger partial charge in [-0.05, 0) is 24.1 Å². The summed E-state index contributed by atoms with van der Waals surface area (Å²) in [5.74, 6) is -0.360. The Morgan fingerprint density at radius 2 is 2.33 bits per heavy atom. The van der Waals surface area contributed by atoms with Crippen molar-refractivity contribution in [3.8, 4) is 6.07 Å². The van der Waals surface area contributed by atoms with Gasteiger partial charge in [0.2, 0.25) is 5.91 Å². The molecule has 0 unspecified atom stereocenters. The van der Waals surface area contributed by atoms with Crippen LogP contribution in [0.25, 0.3) is 6.08 Å². The summed E-state index contributed by atoms with van der Waals surface area (Å²) in [6, 6.07) is 3.83. The van der Waals surface area contributed by atoms with E-state index in [0.29, 0.717) is 23.5 Å². The number of anilines is 1. The Hall–Kier alpha value is -3.05. The van der Waals surface area contributed by atoms with Crippen molar-refractivity contribution < 1.29 is 19.1 Å². The molecule has 3 rings (SSSR count). The minimum atomic E-state index is -0.985. The van der Waals surface area contributed by atoms with Crippen LogP contribution in [0.5, 0.6) is 0 Å². The Labute approximate surface area is 141 Å². The fraction of sp³-hybridized carbons (Fsp3) is 0.188. The Kier molecular flexibility index (Phi) is 4.35. The van der Waals surface area contributed by atoms with E-state index in [-0.39, 0.29) is 12.5 Å². The fourth-order valence-electron chi connectivity index (χ4n) is 2.47. The number of nitrogens with one attached hydrogen (secondary N) is 1. The number of carbonyl (C=O) groups is 2. The summed E-state index contributed by atoms with van der Waals surface area (Å²) in [7, 11) is 0. The van der Waals surface area contributed by atoms with Gasteiger partial charge in [0.05, 0.1) is 24.6 Å². The van der Waals surface area contributed by atoms with Gasteiger partial charge in [0.25, 0.3) is 0 Å². The fourth-order valence-corrected chi connectivity index (χ4v) is 3.69. The Morgan fingerprint density at radius 3 is 3.00 bits per heavy atom. The van der Waals surface area contributed by atoms with E-state index in [0.717, 1.165) is 16.0 Å².